The van der Waals surface area contributed by atoms with Crippen molar-refractivity contribution in [1.82, 2.24) is 0 Å². The molecule has 1 aromatic rings. The molecule has 0 heterocycles. The molecule has 0 amide bonds. The van der Waals surface area contributed by atoms with Gasteiger partial charge in [0, 0.05) is 17.7 Å². The first-order valence-corrected chi connectivity index (χ1v) is 9.46. The third-order valence-corrected chi connectivity index (χ3v) is 4.99. The van der Waals surface area contributed by atoms with E-state index in [4.69, 9.17) is 11.0 Å². The topological polar surface area (TPSA) is 66.9 Å². The van der Waals surface area contributed by atoms with Crippen molar-refractivity contribution < 1.29 is 4.79 Å². The van der Waals surface area contributed by atoms with Gasteiger partial charge in [0.05, 0.1) is 6.07 Å². The highest BCUT2D eigenvalue weighted by molar-refractivity contribution is 5.74. The van der Waals surface area contributed by atoms with E-state index in [2.05, 4.69) is 43.8 Å². The molecule has 0 bridgehead atoms. The molecular weight excluding hydrogens is 332 g/mol. The summed E-state index contributed by atoms with van der Waals surface area (Å²) in [4.78, 5) is 10.9. The van der Waals surface area contributed by atoms with Crippen molar-refractivity contribution >= 4 is 11.9 Å². The van der Waals surface area contributed by atoms with Crippen LogP contribution in [0.5, 0.6) is 0 Å². The number of carbonyl (C=O) groups excluding carboxylic acids is 1. The van der Waals surface area contributed by atoms with Crippen LogP contribution in [0.25, 0.3) is 5.57 Å². The van der Waals surface area contributed by atoms with Gasteiger partial charge in [0.25, 0.3) is 0 Å². The molecular formula is C24H28N2O. The van der Waals surface area contributed by atoms with Crippen molar-refractivity contribution in [2.45, 2.75) is 45.4 Å². The first-order chi connectivity index (χ1) is 13.0. The van der Waals surface area contributed by atoms with E-state index in [1.165, 1.54) is 18.4 Å². The van der Waals surface area contributed by atoms with E-state index >= 15 is 0 Å². The molecule has 0 aromatic heterocycles. The molecule has 27 heavy (non-hydrogen) atoms. The molecule has 1 aliphatic carbocycles. The van der Waals surface area contributed by atoms with Crippen LogP contribution in [-0.2, 0) is 4.79 Å². The molecule has 0 radical (unpaired) electrons. The van der Waals surface area contributed by atoms with Crippen molar-refractivity contribution in [1.29, 1.82) is 5.26 Å². The Balaban J connectivity index is 2.48. The minimum absolute atomic E-state index is 0.131. The summed E-state index contributed by atoms with van der Waals surface area (Å²) >= 11 is 0. The van der Waals surface area contributed by atoms with Crippen LogP contribution in [0.1, 0.15) is 56.6 Å². The second-order valence-corrected chi connectivity index (χ2v) is 7.16. The summed E-state index contributed by atoms with van der Waals surface area (Å²) in [7, 11) is 0. The fraction of sp³-hybridized carbons (Fsp3) is 0.333. The van der Waals surface area contributed by atoms with E-state index in [1.807, 2.05) is 6.08 Å². The van der Waals surface area contributed by atoms with Gasteiger partial charge in [-0.2, -0.15) is 5.26 Å². The number of carbonyl (C=O) groups is 1. The highest BCUT2D eigenvalue weighted by Gasteiger charge is 2.23. The zero-order valence-corrected chi connectivity index (χ0v) is 16.2. The number of rotatable bonds is 9. The van der Waals surface area contributed by atoms with Crippen LogP contribution >= 0.6 is 0 Å². The molecule has 1 aromatic carbocycles. The number of nitriles is 1. The quantitative estimate of drug-likeness (QED) is 0.363. The third kappa shape index (κ3) is 5.56. The minimum atomic E-state index is 0.131. The fourth-order valence-corrected chi connectivity index (χ4v) is 3.19. The minimum Gasteiger partial charge on any atom is -0.398 e. The summed E-state index contributed by atoms with van der Waals surface area (Å²) in [5, 5.41) is 8.96. The normalized spacial score (nSPS) is 16.9. The Morgan fingerprint density at radius 3 is 2.52 bits per heavy atom. The van der Waals surface area contributed by atoms with Crippen LogP contribution in [0.15, 0.2) is 65.9 Å². The lowest BCUT2D eigenvalue weighted by Gasteiger charge is -2.20. The Bertz CT molecular complexity index is 815. The molecule has 1 unspecified atom stereocenters. The van der Waals surface area contributed by atoms with Crippen LogP contribution in [0.4, 0.5) is 0 Å². The average molecular weight is 361 g/mol. The van der Waals surface area contributed by atoms with Gasteiger partial charge in [0.15, 0.2) is 0 Å². The number of benzene rings is 1. The van der Waals surface area contributed by atoms with Gasteiger partial charge in [-0.3, -0.25) is 0 Å². The summed E-state index contributed by atoms with van der Waals surface area (Å²) in [6.45, 7) is 7.72. The van der Waals surface area contributed by atoms with Crippen molar-refractivity contribution in [3.8, 4) is 6.07 Å². The predicted molar refractivity (Wildman–Crippen MR) is 112 cm³/mol. The molecule has 1 saturated carbocycles. The number of hydrogen-bond donors (Lipinski definition) is 1. The van der Waals surface area contributed by atoms with Gasteiger partial charge in [-0.05, 0) is 66.4 Å². The SMILES string of the molecule is C=CC(=C\C=C(/C)C#N)/C(N)=C(\c1ccc(C2CC2)cc1)C(C)CCC=O. The van der Waals surface area contributed by atoms with E-state index in [0.29, 0.717) is 23.6 Å². The second-order valence-electron chi connectivity index (χ2n) is 7.16. The molecule has 0 spiro atoms. The summed E-state index contributed by atoms with van der Waals surface area (Å²) in [6.07, 6.45) is 10.0. The van der Waals surface area contributed by atoms with E-state index in [1.54, 1.807) is 19.1 Å². The summed E-state index contributed by atoms with van der Waals surface area (Å²) in [6, 6.07) is 10.7. The molecule has 1 atom stereocenters. The zero-order valence-electron chi connectivity index (χ0n) is 16.2. The van der Waals surface area contributed by atoms with Gasteiger partial charge in [-0.25, -0.2) is 0 Å². The number of nitrogens with two attached hydrogens (primary N) is 1. The van der Waals surface area contributed by atoms with Crippen molar-refractivity contribution in [2.24, 2.45) is 11.7 Å². The van der Waals surface area contributed by atoms with E-state index in [9.17, 15) is 4.79 Å². The molecule has 3 nitrogen and oxygen atoms in total. The Morgan fingerprint density at radius 2 is 2.00 bits per heavy atom. The first-order valence-electron chi connectivity index (χ1n) is 9.46. The Hall–Kier alpha value is -2.86. The average Bonchev–Trinajstić information content (AvgIpc) is 3.52. The van der Waals surface area contributed by atoms with Gasteiger partial charge in [-0.1, -0.05) is 49.9 Å². The maximum atomic E-state index is 10.9. The number of allylic oxidation sites excluding steroid dienone is 5. The monoisotopic (exact) mass is 360 g/mol. The highest BCUT2D eigenvalue weighted by Crippen LogP contribution is 2.41. The van der Waals surface area contributed by atoms with Gasteiger partial charge in [0.1, 0.15) is 6.29 Å². The molecule has 1 aliphatic rings. The first kappa shape index (κ1) is 20.5. The summed E-state index contributed by atoms with van der Waals surface area (Å²) in [5.41, 5.74) is 12.1. The molecule has 2 rings (SSSR count). The van der Waals surface area contributed by atoms with Crippen molar-refractivity contribution in [3.05, 3.63) is 77.0 Å². The van der Waals surface area contributed by atoms with E-state index in [0.717, 1.165) is 29.4 Å². The number of nitrogens with zero attached hydrogens (tertiary/aromatic N) is 1. The third-order valence-electron chi connectivity index (χ3n) is 4.99. The maximum Gasteiger partial charge on any atom is 0.120 e. The lowest BCUT2D eigenvalue weighted by Crippen LogP contribution is -2.10. The standard InChI is InChI=1S/C24H28N2O/c1-4-19(8-7-17(2)16-25)24(26)23(18(3)6-5-15-27)22-13-11-21(12-14-22)20-9-10-20/h4,7-8,11-15,18,20H,1,5-6,9-10,26H2,2-3H3/b17-7+,19-8+,24-23+. The fourth-order valence-electron chi connectivity index (χ4n) is 3.19. The summed E-state index contributed by atoms with van der Waals surface area (Å²) < 4.78 is 0. The Morgan fingerprint density at radius 1 is 1.33 bits per heavy atom. The number of aldehydes is 1. The Kier molecular flexibility index (Phi) is 7.37. The lowest BCUT2D eigenvalue weighted by molar-refractivity contribution is -0.108. The van der Waals surface area contributed by atoms with Gasteiger partial charge in [0.2, 0.25) is 0 Å². The maximum absolute atomic E-state index is 10.9. The largest absolute Gasteiger partial charge is 0.398 e. The molecule has 2 N–H and O–H groups in total. The van der Waals surface area contributed by atoms with E-state index in [-0.39, 0.29) is 5.92 Å². The predicted octanol–water partition coefficient (Wildman–Crippen LogP) is 5.43. The van der Waals surface area contributed by atoms with Gasteiger partial charge >= 0.3 is 0 Å². The number of hydrogen-bond acceptors (Lipinski definition) is 3. The molecule has 140 valence electrons. The smallest absolute Gasteiger partial charge is 0.120 e. The van der Waals surface area contributed by atoms with Crippen LogP contribution < -0.4 is 5.73 Å². The second kappa shape index (κ2) is 9.73. The van der Waals surface area contributed by atoms with Crippen molar-refractivity contribution in [2.75, 3.05) is 0 Å². The highest BCUT2D eigenvalue weighted by atomic mass is 16.1. The Labute approximate surface area is 162 Å². The molecule has 3 heteroatoms. The van der Waals surface area contributed by atoms with Gasteiger partial charge in [-0.15, -0.1) is 0 Å². The zero-order chi connectivity index (χ0) is 19.8. The lowest BCUT2D eigenvalue weighted by atomic mass is 9.86. The van der Waals surface area contributed by atoms with Crippen LogP contribution in [0.3, 0.4) is 0 Å². The van der Waals surface area contributed by atoms with Crippen LogP contribution in [0.2, 0.25) is 0 Å². The molecule has 0 aliphatic heterocycles. The van der Waals surface area contributed by atoms with E-state index < -0.39 is 0 Å². The van der Waals surface area contributed by atoms with Crippen LogP contribution in [-0.4, -0.2) is 6.29 Å². The molecule has 0 saturated heterocycles. The summed E-state index contributed by atoms with van der Waals surface area (Å²) in [5.74, 6) is 0.838. The van der Waals surface area contributed by atoms with Crippen LogP contribution in [0, 0.1) is 17.2 Å². The van der Waals surface area contributed by atoms with Gasteiger partial charge < -0.3 is 10.5 Å². The van der Waals surface area contributed by atoms with Crippen molar-refractivity contribution in [3.63, 3.8) is 0 Å². The molecule has 1 fully saturated rings.